The van der Waals surface area contributed by atoms with E-state index in [2.05, 4.69) is 10.2 Å². The summed E-state index contributed by atoms with van der Waals surface area (Å²) in [7, 11) is 1.55. The summed E-state index contributed by atoms with van der Waals surface area (Å²) < 4.78 is 5.07. The van der Waals surface area contributed by atoms with Crippen LogP contribution >= 0.6 is 0 Å². The number of carbonyl (C=O) groups excluding carboxylic acids is 3. The Balaban J connectivity index is 1.68. The molecule has 1 aromatic carbocycles. The van der Waals surface area contributed by atoms with Gasteiger partial charge in [-0.1, -0.05) is 18.2 Å². The van der Waals surface area contributed by atoms with E-state index in [0.717, 1.165) is 30.6 Å². The lowest BCUT2D eigenvalue weighted by Crippen LogP contribution is -2.54. The minimum absolute atomic E-state index is 0.0547. The van der Waals surface area contributed by atoms with Crippen molar-refractivity contribution < 1.29 is 19.1 Å². The van der Waals surface area contributed by atoms with E-state index in [1.165, 1.54) is 4.90 Å². The summed E-state index contributed by atoms with van der Waals surface area (Å²) in [6, 6.07) is 7.49. The Morgan fingerprint density at radius 1 is 1.23 bits per heavy atom. The Kier molecular flexibility index (Phi) is 3.30. The van der Waals surface area contributed by atoms with Crippen molar-refractivity contribution in [2.75, 3.05) is 32.1 Å². The zero-order chi connectivity index (χ0) is 18.1. The second-order valence-corrected chi connectivity index (χ2v) is 7.49. The van der Waals surface area contributed by atoms with Crippen LogP contribution < -0.4 is 5.32 Å². The van der Waals surface area contributed by atoms with E-state index in [4.69, 9.17) is 4.74 Å². The Bertz CT molecular complexity index is 825. The first-order valence-electron chi connectivity index (χ1n) is 9.14. The van der Waals surface area contributed by atoms with Gasteiger partial charge in [-0.05, 0) is 25.5 Å². The van der Waals surface area contributed by atoms with Gasteiger partial charge < -0.3 is 10.1 Å². The quantitative estimate of drug-likeness (QED) is 0.802. The number of amides is 3. The Morgan fingerprint density at radius 3 is 2.85 bits per heavy atom. The summed E-state index contributed by atoms with van der Waals surface area (Å²) >= 11 is 0. The number of carbonyl (C=O) groups is 3. The molecule has 4 atom stereocenters. The molecular weight excluding hydrogens is 334 g/mol. The lowest BCUT2D eigenvalue weighted by molar-refractivity contribution is -0.146. The van der Waals surface area contributed by atoms with E-state index in [1.54, 1.807) is 7.11 Å². The number of nitrogens with one attached hydrogen (secondary N) is 1. The first kappa shape index (κ1) is 16.0. The second kappa shape index (κ2) is 5.37. The van der Waals surface area contributed by atoms with Crippen molar-refractivity contribution in [1.82, 2.24) is 9.80 Å². The number of methoxy groups -OCH3 is 1. The predicted octanol–water partition coefficient (Wildman–Crippen LogP) is 0.560. The highest BCUT2D eigenvalue weighted by Gasteiger charge is 2.74. The highest BCUT2D eigenvalue weighted by Crippen LogP contribution is 2.60. The largest absolute Gasteiger partial charge is 0.383 e. The summed E-state index contributed by atoms with van der Waals surface area (Å²) in [6.45, 7) is 1.28. The molecule has 3 amide bonds. The van der Waals surface area contributed by atoms with Crippen molar-refractivity contribution in [3.63, 3.8) is 0 Å². The number of imide groups is 1. The summed E-state index contributed by atoms with van der Waals surface area (Å²) in [4.78, 5) is 43.1. The molecule has 26 heavy (non-hydrogen) atoms. The molecule has 0 aliphatic carbocycles. The van der Waals surface area contributed by atoms with Crippen LogP contribution in [-0.2, 0) is 24.7 Å². The third-order valence-corrected chi connectivity index (χ3v) is 6.51. The van der Waals surface area contributed by atoms with Gasteiger partial charge in [-0.2, -0.15) is 0 Å². The number of hydrogen-bond acceptors (Lipinski definition) is 5. The average molecular weight is 355 g/mol. The van der Waals surface area contributed by atoms with Gasteiger partial charge in [-0.25, -0.2) is 0 Å². The van der Waals surface area contributed by atoms with Crippen LogP contribution in [0.5, 0.6) is 0 Å². The van der Waals surface area contributed by atoms with Gasteiger partial charge in [0.1, 0.15) is 5.54 Å². The standard InChI is InChI=1S/C19H21N3O4/c1-26-10-9-21-16(23)14-13-7-4-8-22(13)19(15(14)17(21)24)11-5-2-3-6-12(11)20-18(19)25/h2-3,5-6,13-15H,4,7-10H2,1H3,(H,20,25)/t13?,14-,15+,19?/m1/s1. The molecule has 3 saturated heterocycles. The van der Waals surface area contributed by atoms with Crippen molar-refractivity contribution in [2.24, 2.45) is 11.8 Å². The molecule has 1 aromatic rings. The first-order valence-corrected chi connectivity index (χ1v) is 9.14. The predicted molar refractivity (Wildman–Crippen MR) is 92.1 cm³/mol. The van der Waals surface area contributed by atoms with Gasteiger partial charge in [0.25, 0.3) is 0 Å². The van der Waals surface area contributed by atoms with Crippen molar-refractivity contribution >= 4 is 23.4 Å². The number of fused-ring (bicyclic) bond motifs is 7. The molecule has 136 valence electrons. The lowest BCUT2D eigenvalue weighted by Gasteiger charge is -2.36. The van der Waals surface area contributed by atoms with E-state index in [9.17, 15) is 14.4 Å². The number of benzene rings is 1. The summed E-state index contributed by atoms with van der Waals surface area (Å²) in [6.07, 6.45) is 1.78. The third-order valence-electron chi connectivity index (χ3n) is 6.51. The number of para-hydroxylation sites is 1. The van der Waals surface area contributed by atoms with Gasteiger partial charge in [0.05, 0.1) is 25.0 Å². The van der Waals surface area contributed by atoms with E-state index in [0.29, 0.717) is 6.61 Å². The van der Waals surface area contributed by atoms with Gasteiger partial charge >= 0.3 is 0 Å². The van der Waals surface area contributed by atoms with Crippen LogP contribution in [0.4, 0.5) is 5.69 Å². The number of ether oxygens (including phenoxy) is 1. The van der Waals surface area contributed by atoms with E-state index in [-0.39, 0.29) is 30.3 Å². The molecule has 4 aliphatic rings. The Hall–Kier alpha value is -2.25. The maximum absolute atomic E-state index is 13.3. The summed E-state index contributed by atoms with van der Waals surface area (Å²) in [5.41, 5.74) is 0.523. The minimum Gasteiger partial charge on any atom is -0.383 e. The number of anilines is 1. The van der Waals surface area contributed by atoms with Gasteiger partial charge in [0, 0.05) is 24.4 Å². The van der Waals surface area contributed by atoms with Crippen LogP contribution in [0.1, 0.15) is 18.4 Å². The van der Waals surface area contributed by atoms with Crippen LogP contribution in [0, 0.1) is 11.8 Å². The average Bonchev–Trinajstić information content (AvgIpc) is 3.33. The molecule has 7 nitrogen and oxygen atoms in total. The fourth-order valence-electron chi connectivity index (χ4n) is 5.62. The molecule has 0 bridgehead atoms. The number of hydrogen-bond donors (Lipinski definition) is 1. The molecule has 3 fully saturated rings. The Morgan fingerprint density at radius 2 is 2.04 bits per heavy atom. The maximum atomic E-state index is 13.3. The van der Waals surface area contributed by atoms with Crippen molar-refractivity contribution in [1.29, 1.82) is 0 Å². The fourth-order valence-corrected chi connectivity index (χ4v) is 5.62. The molecule has 4 heterocycles. The highest BCUT2D eigenvalue weighted by atomic mass is 16.5. The number of likely N-dealkylation sites (tertiary alicyclic amines) is 1. The second-order valence-electron chi connectivity index (χ2n) is 7.49. The topological polar surface area (TPSA) is 79.0 Å². The molecule has 5 rings (SSSR count). The zero-order valence-electron chi connectivity index (χ0n) is 14.6. The van der Waals surface area contributed by atoms with E-state index < -0.39 is 17.4 Å². The van der Waals surface area contributed by atoms with Crippen LogP contribution in [0.15, 0.2) is 24.3 Å². The van der Waals surface area contributed by atoms with Gasteiger partial charge in [0.15, 0.2) is 0 Å². The SMILES string of the molecule is COCCN1C(=O)[C@@H]2C3CCCN3C3(C(=O)Nc4ccccc43)[C@@H]2C1=O. The normalized spacial score (nSPS) is 35.2. The monoisotopic (exact) mass is 355 g/mol. The molecule has 2 unspecified atom stereocenters. The molecule has 4 aliphatic heterocycles. The third kappa shape index (κ3) is 1.68. The molecule has 0 saturated carbocycles. The summed E-state index contributed by atoms with van der Waals surface area (Å²) in [5, 5.41) is 2.96. The molecule has 0 radical (unpaired) electrons. The highest BCUT2D eigenvalue weighted by molar-refractivity contribution is 6.15. The van der Waals surface area contributed by atoms with Crippen LogP contribution in [-0.4, -0.2) is 60.4 Å². The molecule has 0 aromatic heterocycles. The van der Waals surface area contributed by atoms with Gasteiger partial charge in [0.2, 0.25) is 17.7 Å². The minimum atomic E-state index is -1.06. The number of nitrogens with zero attached hydrogens (tertiary/aromatic N) is 2. The molecule has 1 spiro atoms. The van der Waals surface area contributed by atoms with E-state index in [1.807, 2.05) is 24.3 Å². The van der Waals surface area contributed by atoms with Crippen molar-refractivity contribution in [2.45, 2.75) is 24.4 Å². The van der Waals surface area contributed by atoms with Gasteiger partial charge in [-0.3, -0.25) is 24.2 Å². The summed E-state index contributed by atoms with van der Waals surface area (Å²) in [5.74, 6) is -1.66. The van der Waals surface area contributed by atoms with Gasteiger partial charge in [-0.15, -0.1) is 0 Å². The van der Waals surface area contributed by atoms with Crippen LogP contribution in [0.3, 0.4) is 0 Å². The van der Waals surface area contributed by atoms with Crippen molar-refractivity contribution in [3.05, 3.63) is 29.8 Å². The maximum Gasteiger partial charge on any atom is 0.250 e. The van der Waals surface area contributed by atoms with Crippen LogP contribution in [0.2, 0.25) is 0 Å². The number of rotatable bonds is 3. The first-order chi connectivity index (χ1) is 12.6. The lowest BCUT2D eigenvalue weighted by atomic mass is 9.75. The molecule has 1 N–H and O–H groups in total. The van der Waals surface area contributed by atoms with Crippen molar-refractivity contribution in [3.8, 4) is 0 Å². The Labute approximate surface area is 151 Å². The van der Waals surface area contributed by atoms with E-state index >= 15 is 0 Å². The smallest absolute Gasteiger partial charge is 0.250 e. The molecule has 7 heteroatoms. The van der Waals surface area contributed by atoms with Crippen LogP contribution in [0.25, 0.3) is 0 Å². The zero-order valence-corrected chi connectivity index (χ0v) is 14.6. The molecular formula is C19H21N3O4. The fraction of sp³-hybridized carbons (Fsp3) is 0.526.